The van der Waals surface area contributed by atoms with E-state index in [4.69, 9.17) is 16.3 Å². The minimum Gasteiger partial charge on any atom is -0.486 e. The van der Waals surface area contributed by atoms with Gasteiger partial charge in [0.2, 0.25) is 10.0 Å². The summed E-state index contributed by atoms with van der Waals surface area (Å²) in [4.78, 5) is 28.3. The van der Waals surface area contributed by atoms with Crippen LogP contribution in [0.2, 0.25) is 5.02 Å². The molecule has 2 aromatic carbocycles. The largest absolute Gasteiger partial charge is 0.486 e. The van der Waals surface area contributed by atoms with Crippen LogP contribution in [-0.4, -0.2) is 79.6 Å². The van der Waals surface area contributed by atoms with Crippen LogP contribution in [-0.2, 0) is 10.0 Å². The fourth-order valence-corrected chi connectivity index (χ4v) is 6.60. The van der Waals surface area contributed by atoms with Gasteiger partial charge in [-0.15, -0.1) is 0 Å². The van der Waals surface area contributed by atoms with Crippen LogP contribution in [0.1, 0.15) is 56.3 Å². The van der Waals surface area contributed by atoms with E-state index in [1.54, 1.807) is 30.0 Å². The van der Waals surface area contributed by atoms with E-state index >= 15 is 0 Å². The molecule has 2 aliphatic rings. The number of hydrogen-bond donors (Lipinski definition) is 3. The number of nitrogens with zero attached hydrogens (tertiary/aromatic N) is 2. The fraction of sp³-hybridized carbons (Fsp3) is 0.517. The molecular formula is C29H39ClN4O6S. The molecule has 1 heterocycles. The molecule has 1 aliphatic carbocycles. The molecule has 0 spiro atoms. The minimum atomic E-state index is -3.87. The van der Waals surface area contributed by atoms with Gasteiger partial charge in [0, 0.05) is 30.6 Å². The van der Waals surface area contributed by atoms with Crippen LogP contribution in [0.25, 0.3) is 0 Å². The molecule has 3 atom stereocenters. The van der Waals surface area contributed by atoms with Crippen molar-refractivity contribution in [1.29, 1.82) is 0 Å². The van der Waals surface area contributed by atoms with E-state index in [0.29, 0.717) is 10.7 Å². The predicted octanol–water partition coefficient (Wildman–Crippen LogP) is 4.34. The summed E-state index contributed by atoms with van der Waals surface area (Å²) >= 11 is 5.95. The molecule has 3 amide bonds. The molecular weight excluding hydrogens is 568 g/mol. The zero-order valence-electron chi connectivity index (χ0n) is 23.7. The Morgan fingerprint density at radius 1 is 1.17 bits per heavy atom. The molecule has 0 radical (unpaired) electrons. The van der Waals surface area contributed by atoms with Crippen molar-refractivity contribution in [2.45, 2.75) is 69.0 Å². The van der Waals surface area contributed by atoms with E-state index in [9.17, 15) is 23.1 Å². The molecule has 12 heteroatoms. The molecule has 1 fully saturated rings. The van der Waals surface area contributed by atoms with Crippen LogP contribution in [0.15, 0.2) is 47.4 Å². The average Bonchev–Trinajstić information content (AvgIpc) is 2.95. The van der Waals surface area contributed by atoms with Crippen LogP contribution >= 0.6 is 11.6 Å². The third kappa shape index (κ3) is 7.32. The number of halogens is 1. The molecule has 224 valence electrons. The smallest absolute Gasteiger partial charge is 0.319 e. The lowest BCUT2D eigenvalue weighted by molar-refractivity contribution is 0.0389. The van der Waals surface area contributed by atoms with Crippen molar-refractivity contribution >= 4 is 39.2 Å². The second-order valence-electron chi connectivity index (χ2n) is 11.0. The Bertz CT molecular complexity index is 1330. The lowest BCUT2D eigenvalue weighted by Gasteiger charge is -2.38. The Hall–Kier alpha value is -2.86. The third-order valence-electron chi connectivity index (χ3n) is 7.84. The number of carbonyl (C=O) groups is 2. The lowest BCUT2D eigenvalue weighted by Crippen LogP contribution is -2.50. The predicted molar refractivity (Wildman–Crippen MR) is 158 cm³/mol. The van der Waals surface area contributed by atoms with E-state index in [1.165, 1.54) is 35.6 Å². The van der Waals surface area contributed by atoms with Gasteiger partial charge in [0.15, 0.2) is 5.75 Å². The van der Waals surface area contributed by atoms with Gasteiger partial charge in [0.25, 0.3) is 5.91 Å². The molecule has 0 bridgehead atoms. The van der Waals surface area contributed by atoms with E-state index in [-0.39, 0.29) is 53.8 Å². The number of carbonyl (C=O) groups excluding carboxylic acids is 2. The Morgan fingerprint density at radius 3 is 2.51 bits per heavy atom. The molecule has 1 saturated carbocycles. The number of nitrogens with one attached hydrogen (secondary N) is 2. The van der Waals surface area contributed by atoms with Crippen molar-refractivity contribution in [3.8, 4) is 5.75 Å². The van der Waals surface area contributed by atoms with Gasteiger partial charge in [-0.3, -0.25) is 4.79 Å². The first-order valence-electron chi connectivity index (χ1n) is 14.0. The Morgan fingerprint density at radius 2 is 1.85 bits per heavy atom. The zero-order valence-corrected chi connectivity index (χ0v) is 25.2. The van der Waals surface area contributed by atoms with Crippen LogP contribution in [0.5, 0.6) is 5.75 Å². The average molecular weight is 607 g/mol. The van der Waals surface area contributed by atoms with Gasteiger partial charge < -0.3 is 25.4 Å². The number of hydrogen-bond acceptors (Lipinski definition) is 6. The lowest BCUT2D eigenvalue weighted by atomic mass is 9.96. The second-order valence-corrected chi connectivity index (χ2v) is 13.5. The Balaban J connectivity index is 1.65. The van der Waals surface area contributed by atoms with E-state index in [0.717, 1.165) is 32.1 Å². The summed E-state index contributed by atoms with van der Waals surface area (Å²) in [5.41, 5.74) is 0.531. The first-order valence-corrected chi connectivity index (χ1v) is 15.8. The normalized spacial score (nSPS) is 20.9. The summed E-state index contributed by atoms with van der Waals surface area (Å²) < 4.78 is 34.4. The van der Waals surface area contributed by atoms with Crippen LogP contribution in [0, 0.1) is 5.92 Å². The van der Waals surface area contributed by atoms with Gasteiger partial charge in [-0.2, -0.15) is 4.31 Å². The number of para-hydroxylation sites is 1. The summed E-state index contributed by atoms with van der Waals surface area (Å²) in [6, 6.07) is 10.1. The number of aliphatic hydroxyl groups is 1. The van der Waals surface area contributed by atoms with Gasteiger partial charge in [-0.05, 0) is 56.2 Å². The molecule has 41 heavy (non-hydrogen) atoms. The molecule has 4 rings (SSSR count). The first kappa shape index (κ1) is 31.1. The van der Waals surface area contributed by atoms with Gasteiger partial charge in [-0.25, -0.2) is 13.2 Å². The number of amides is 3. The standard InChI is InChI=1S/C29H39ClN4O6S/c1-19-16-34(20(2)18-35)28(36)24-10-7-11-25(32-29(37)31-22-8-5-4-6-9-22)27(24)40-26(19)17-33(3)41(38,39)23-14-12-21(30)13-15-23/h7,10-15,19-20,22,26,35H,4-6,8-9,16-18H2,1-3H3,(H2,31,32,37)/t19-,20+,26+/m0/s1. The number of benzene rings is 2. The number of anilines is 1. The zero-order chi connectivity index (χ0) is 29.7. The third-order valence-corrected chi connectivity index (χ3v) is 9.93. The summed E-state index contributed by atoms with van der Waals surface area (Å²) in [5, 5.41) is 16.2. The van der Waals surface area contributed by atoms with Crippen molar-refractivity contribution in [1.82, 2.24) is 14.5 Å². The van der Waals surface area contributed by atoms with Gasteiger partial charge in [0.1, 0.15) is 6.10 Å². The number of rotatable bonds is 8. The Kier molecular flexibility index (Phi) is 10.2. The van der Waals surface area contributed by atoms with Crippen molar-refractivity contribution in [2.75, 3.05) is 32.1 Å². The quantitative estimate of drug-likeness (QED) is 0.410. The topological polar surface area (TPSA) is 128 Å². The maximum atomic E-state index is 13.7. The number of aliphatic hydroxyl groups excluding tert-OH is 1. The number of sulfonamides is 1. The molecule has 0 saturated heterocycles. The highest BCUT2D eigenvalue weighted by molar-refractivity contribution is 7.89. The van der Waals surface area contributed by atoms with E-state index in [2.05, 4.69) is 10.6 Å². The minimum absolute atomic E-state index is 0.0241. The monoisotopic (exact) mass is 606 g/mol. The highest BCUT2D eigenvalue weighted by Gasteiger charge is 2.36. The number of fused-ring (bicyclic) bond motifs is 1. The van der Waals surface area contributed by atoms with E-state index in [1.807, 2.05) is 6.92 Å². The van der Waals surface area contributed by atoms with Gasteiger partial charge >= 0.3 is 6.03 Å². The molecule has 3 N–H and O–H groups in total. The highest BCUT2D eigenvalue weighted by atomic mass is 35.5. The van der Waals surface area contributed by atoms with Gasteiger partial charge in [-0.1, -0.05) is 43.9 Å². The SMILES string of the molecule is C[C@H](CO)N1C[C@H](C)[C@@H](CN(C)S(=O)(=O)c2ccc(Cl)cc2)Oc2c(NC(=O)NC3CCCCC3)cccc2C1=O. The molecule has 0 aromatic heterocycles. The maximum Gasteiger partial charge on any atom is 0.319 e. The van der Waals surface area contributed by atoms with Crippen LogP contribution in [0.3, 0.4) is 0 Å². The van der Waals surface area contributed by atoms with Crippen molar-refractivity contribution in [3.05, 3.63) is 53.1 Å². The first-order chi connectivity index (χ1) is 19.5. The van der Waals surface area contributed by atoms with Crippen molar-refractivity contribution in [3.63, 3.8) is 0 Å². The highest BCUT2D eigenvalue weighted by Crippen LogP contribution is 2.35. The number of ether oxygens (including phenoxy) is 1. The number of likely N-dealkylation sites (N-methyl/N-ethyl adjacent to an activating group) is 1. The fourth-order valence-electron chi connectivity index (χ4n) is 5.29. The maximum absolute atomic E-state index is 13.7. The summed E-state index contributed by atoms with van der Waals surface area (Å²) in [5.74, 6) is -0.501. The second kappa shape index (κ2) is 13.4. The van der Waals surface area contributed by atoms with Crippen LogP contribution in [0.4, 0.5) is 10.5 Å². The summed E-state index contributed by atoms with van der Waals surface area (Å²) in [7, 11) is -2.40. The summed E-state index contributed by atoms with van der Waals surface area (Å²) in [6.45, 7) is 3.59. The van der Waals surface area contributed by atoms with Crippen molar-refractivity contribution in [2.24, 2.45) is 5.92 Å². The number of urea groups is 1. The summed E-state index contributed by atoms with van der Waals surface area (Å²) in [6.07, 6.45) is 4.43. The molecule has 0 unspecified atom stereocenters. The molecule has 1 aliphatic heterocycles. The van der Waals surface area contributed by atoms with Crippen LogP contribution < -0.4 is 15.4 Å². The van der Waals surface area contributed by atoms with E-state index < -0.39 is 28.2 Å². The molecule has 2 aromatic rings. The van der Waals surface area contributed by atoms with Gasteiger partial charge in [0.05, 0.1) is 35.3 Å². The van der Waals surface area contributed by atoms with Crippen molar-refractivity contribution < 1.29 is 27.9 Å². The molecule has 10 nitrogen and oxygen atoms in total. The Labute approximate surface area is 247 Å².